The molecule has 2 N–H and O–H groups in total. The number of carbonyl (C=O) groups is 1. The van der Waals surface area contributed by atoms with Crippen LogP contribution < -0.4 is 5.73 Å². The van der Waals surface area contributed by atoms with E-state index >= 15 is 0 Å². The smallest absolute Gasteiger partial charge is 0.236 e. The van der Waals surface area contributed by atoms with E-state index in [0.29, 0.717) is 12.5 Å². The highest BCUT2D eigenvalue weighted by Gasteiger charge is 2.22. The van der Waals surface area contributed by atoms with E-state index < -0.39 is 0 Å². The molecule has 0 atom stereocenters. The lowest BCUT2D eigenvalue weighted by Gasteiger charge is -2.35. The van der Waals surface area contributed by atoms with Crippen LogP contribution in [-0.2, 0) is 4.79 Å². The number of nitrogens with zero attached hydrogens (tertiary/aromatic N) is 3. The van der Waals surface area contributed by atoms with Crippen molar-refractivity contribution in [2.45, 2.75) is 19.3 Å². The number of rotatable bonds is 4. The molecule has 0 aromatic heterocycles. The van der Waals surface area contributed by atoms with Crippen LogP contribution >= 0.6 is 24.8 Å². The first-order chi connectivity index (χ1) is 8.79. The number of likely N-dealkylation sites (tertiary alicyclic amines) is 1. The molecule has 7 heteroatoms. The molecule has 1 amide bonds. The Morgan fingerprint density at radius 2 is 1.40 bits per heavy atom. The quantitative estimate of drug-likeness (QED) is 0.813. The van der Waals surface area contributed by atoms with E-state index in [-0.39, 0.29) is 24.8 Å². The van der Waals surface area contributed by atoms with E-state index in [9.17, 15) is 4.79 Å². The number of amides is 1. The van der Waals surface area contributed by atoms with Gasteiger partial charge in [0.15, 0.2) is 0 Å². The van der Waals surface area contributed by atoms with Crippen LogP contribution in [0.25, 0.3) is 0 Å². The van der Waals surface area contributed by atoms with Crippen molar-refractivity contribution < 1.29 is 4.79 Å². The fraction of sp³-hybridized carbons (Fsp3) is 0.923. The summed E-state index contributed by atoms with van der Waals surface area (Å²) in [5.74, 6) is 0.321. The van der Waals surface area contributed by atoms with Crippen molar-refractivity contribution in [1.29, 1.82) is 0 Å². The fourth-order valence-electron chi connectivity index (χ4n) is 2.79. The average Bonchev–Trinajstić information content (AvgIpc) is 2.42. The van der Waals surface area contributed by atoms with Crippen molar-refractivity contribution in [1.82, 2.24) is 14.7 Å². The summed E-state index contributed by atoms with van der Waals surface area (Å²) in [4.78, 5) is 18.8. The SMILES string of the molecule is Cl.Cl.NCCN1CCN(CC(=O)N2CCCCC2)CC1. The maximum absolute atomic E-state index is 12.1. The van der Waals surface area contributed by atoms with Crippen LogP contribution in [0.4, 0.5) is 0 Å². The molecule has 2 aliphatic heterocycles. The van der Waals surface area contributed by atoms with Gasteiger partial charge in [0, 0.05) is 52.4 Å². The van der Waals surface area contributed by atoms with Gasteiger partial charge in [-0.05, 0) is 19.3 Å². The fourth-order valence-corrected chi connectivity index (χ4v) is 2.79. The van der Waals surface area contributed by atoms with Gasteiger partial charge in [-0.25, -0.2) is 0 Å². The Morgan fingerprint density at radius 3 is 1.95 bits per heavy atom. The van der Waals surface area contributed by atoms with Gasteiger partial charge in [-0.1, -0.05) is 0 Å². The summed E-state index contributed by atoms with van der Waals surface area (Å²) in [6.45, 7) is 8.34. The number of carbonyl (C=O) groups excluding carboxylic acids is 1. The highest BCUT2D eigenvalue weighted by Crippen LogP contribution is 2.10. The Labute approximate surface area is 134 Å². The molecule has 0 unspecified atom stereocenters. The average molecular weight is 327 g/mol. The van der Waals surface area contributed by atoms with Crippen LogP contribution in [0.3, 0.4) is 0 Å². The van der Waals surface area contributed by atoms with Crippen LogP contribution in [0.5, 0.6) is 0 Å². The minimum atomic E-state index is 0. The normalized spacial score (nSPS) is 20.9. The Morgan fingerprint density at radius 1 is 0.850 bits per heavy atom. The second-order valence-corrected chi connectivity index (χ2v) is 5.35. The van der Waals surface area contributed by atoms with E-state index in [0.717, 1.165) is 52.4 Å². The van der Waals surface area contributed by atoms with Gasteiger partial charge in [0.2, 0.25) is 5.91 Å². The molecule has 0 spiro atoms. The zero-order valence-electron chi connectivity index (χ0n) is 12.1. The van der Waals surface area contributed by atoms with Gasteiger partial charge in [-0.15, -0.1) is 24.8 Å². The molecule has 0 aromatic rings. The van der Waals surface area contributed by atoms with Gasteiger partial charge >= 0.3 is 0 Å². The Hall–Kier alpha value is -0.0700. The third kappa shape index (κ3) is 6.14. The summed E-state index contributed by atoms with van der Waals surface area (Å²) in [7, 11) is 0. The lowest BCUT2D eigenvalue weighted by atomic mass is 10.1. The minimum absolute atomic E-state index is 0. The number of nitrogens with two attached hydrogens (primary N) is 1. The lowest BCUT2D eigenvalue weighted by molar-refractivity contribution is -0.133. The first kappa shape index (κ1) is 19.9. The van der Waals surface area contributed by atoms with Gasteiger partial charge in [0.05, 0.1) is 6.54 Å². The van der Waals surface area contributed by atoms with Crippen LogP contribution in [0, 0.1) is 0 Å². The molecule has 0 radical (unpaired) electrons. The molecule has 2 fully saturated rings. The van der Waals surface area contributed by atoms with Gasteiger partial charge < -0.3 is 10.6 Å². The lowest BCUT2D eigenvalue weighted by Crippen LogP contribution is -2.51. The summed E-state index contributed by atoms with van der Waals surface area (Å²) >= 11 is 0. The molecule has 0 aliphatic carbocycles. The Balaban J connectivity index is 0.00000180. The summed E-state index contributed by atoms with van der Waals surface area (Å²) in [6.07, 6.45) is 3.63. The molecule has 20 heavy (non-hydrogen) atoms. The third-order valence-corrected chi connectivity index (χ3v) is 3.98. The second-order valence-electron chi connectivity index (χ2n) is 5.35. The minimum Gasteiger partial charge on any atom is -0.342 e. The van der Waals surface area contributed by atoms with Crippen LogP contribution in [0.2, 0.25) is 0 Å². The van der Waals surface area contributed by atoms with Crippen molar-refractivity contribution in [3.8, 4) is 0 Å². The Kier molecular flexibility index (Phi) is 10.6. The summed E-state index contributed by atoms with van der Waals surface area (Å²) in [5.41, 5.74) is 5.56. The molecule has 120 valence electrons. The molecule has 0 saturated carbocycles. The molecule has 2 rings (SSSR count). The zero-order chi connectivity index (χ0) is 12.8. The van der Waals surface area contributed by atoms with Crippen molar-refractivity contribution >= 4 is 30.7 Å². The summed E-state index contributed by atoms with van der Waals surface area (Å²) in [6, 6.07) is 0. The third-order valence-electron chi connectivity index (χ3n) is 3.98. The van der Waals surface area contributed by atoms with E-state index in [4.69, 9.17) is 5.73 Å². The van der Waals surface area contributed by atoms with Crippen molar-refractivity contribution in [3.63, 3.8) is 0 Å². The van der Waals surface area contributed by atoms with E-state index in [2.05, 4.69) is 9.80 Å². The first-order valence-corrected chi connectivity index (χ1v) is 7.22. The standard InChI is InChI=1S/C13H26N4O.2ClH/c14-4-7-15-8-10-16(11-9-15)12-13(18)17-5-2-1-3-6-17;;/h1-12,14H2;2*1H. The topological polar surface area (TPSA) is 52.8 Å². The van der Waals surface area contributed by atoms with Crippen LogP contribution in [0.1, 0.15) is 19.3 Å². The van der Waals surface area contributed by atoms with Gasteiger partial charge in [-0.2, -0.15) is 0 Å². The first-order valence-electron chi connectivity index (χ1n) is 7.22. The second kappa shape index (κ2) is 10.6. The molecule has 0 aromatic carbocycles. The predicted octanol–water partition coefficient (Wildman–Crippen LogP) is 0.419. The summed E-state index contributed by atoms with van der Waals surface area (Å²) in [5, 5.41) is 0. The molecule has 5 nitrogen and oxygen atoms in total. The van der Waals surface area contributed by atoms with Crippen LogP contribution in [0.15, 0.2) is 0 Å². The number of hydrogen-bond donors (Lipinski definition) is 1. The molecule has 2 saturated heterocycles. The Bertz CT molecular complexity index is 267. The molecule has 2 heterocycles. The molecular weight excluding hydrogens is 299 g/mol. The van der Waals surface area contributed by atoms with Crippen molar-refractivity contribution in [3.05, 3.63) is 0 Å². The monoisotopic (exact) mass is 326 g/mol. The predicted molar refractivity (Wildman–Crippen MR) is 86.9 cm³/mol. The number of piperidine rings is 1. The summed E-state index contributed by atoms with van der Waals surface area (Å²) < 4.78 is 0. The van der Waals surface area contributed by atoms with E-state index in [1.807, 2.05) is 4.90 Å². The number of hydrogen-bond acceptors (Lipinski definition) is 4. The van der Waals surface area contributed by atoms with Gasteiger partial charge in [0.1, 0.15) is 0 Å². The largest absolute Gasteiger partial charge is 0.342 e. The maximum Gasteiger partial charge on any atom is 0.236 e. The maximum atomic E-state index is 12.1. The molecular formula is C13H28Cl2N4O. The van der Waals surface area contributed by atoms with Crippen molar-refractivity contribution in [2.75, 3.05) is 58.9 Å². The van der Waals surface area contributed by atoms with Gasteiger partial charge in [0.25, 0.3) is 0 Å². The van der Waals surface area contributed by atoms with Crippen LogP contribution in [-0.4, -0.2) is 79.5 Å². The van der Waals surface area contributed by atoms with E-state index in [1.165, 1.54) is 19.3 Å². The highest BCUT2D eigenvalue weighted by atomic mass is 35.5. The van der Waals surface area contributed by atoms with Crippen molar-refractivity contribution in [2.24, 2.45) is 5.73 Å². The molecule has 2 aliphatic rings. The van der Waals surface area contributed by atoms with E-state index in [1.54, 1.807) is 0 Å². The van der Waals surface area contributed by atoms with Gasteiger partial charge in [-0.3, -0.25) is 14.6 Å². The number of piperazine rings is 1. The number of halogens is 2. The highest BCUT2D eigenvalue weighted by molar-refractivity contribution is 5.85. The zero-order valence-corrected chi connectivity index (χ0v) is 13.8. The molecule has 0 bridgehead atoms.